The van der Waals surface area contributed by atoms with Gasteiger partial charge in [-0.05, 0) is 65.7 Å². The van der Waals surface area contributed by atoms with Gasteiger partial charge < -0.3 is 24.8 Å². The zero-order chi connectivity index (χ0) is 24.1. The van der Waals surface area contributed by atoms with E-state index in [0.29, 0.717) is 17.0 Å². The summed E-state index contributed by atoms with van der Waals surface area (Å²) in [6.07, 6.45) is 4.98. The first kappa shape index (κ1) is 22.7. The Labute approximate surface area is 197 Å². The number of hydrogen-bond acceptors (Lipinski definition) is 6. The molecule has 0 unspecified atom stereocenters. The summed E-state index contributed by atoms with van der Waals surface area (Å²) in [7, 11) is 3.07. The number of nitrogens with one attached hydrogen (secondary N) is 1. The van der Waals surface area contributed by atoms with Crippen molar-refractivity contribution >= 4 is 29.2 Å². The van der Waals surface area contributed by atoms with Gasteiger partial charge in [0.2, 0.25) is 5.91 Å². The maximum Gasteiger partial charge on any atom is 0.244 e. The number of methoxy groups -OCH3 is 2. The van der Waals surface area contributed by atoms with E-state index in [9.17, 15) is 14.7 Å². The molecule has 7 nitrogen and oxygen atoms in total. The summed E-state index contributed by atoms with van der Waals surface area (Å²) in [5, 5.41) is 12.6. The number of hydrogen-bond donors (Lipinski definition) is 2. The zero-order valence-corrected chi connectivity index (χ0v) is 18.8. The van der Waals surface area contributed by atoms with Crippen molar-refractivity contribution in [3.63, 3.8) is 0 Å². The van der Waals surface area contributed by atoms with Gasteiger partial charge in [0, 0.05) is 17.5 Å². The largest absolute Gasteiger partial charge is 0.504 e. The summed E-state index contributed by atoms with van der Waals surface area (Å²) in [4.78, 5) is 27.0. The van der Waals surface area contributed by atoms with Crippen molar-refractivity contribution in [2.24, 2.45) is 0 Å². The molecule has 2 N–H and O–H groups in total. The third kappa shape index (κ3) is 5.10. The SMILES string of the molecule is COc1ccc(C2=CN(c3cccc(C(=O)/C=C/c4ccc(O)c(OC)c4)c3)CC(=O)N2)cc1. The molecule has 0 bridgehead atoms. The Balaban J connectivity index is 1.56. The lowest BCUT2D eigenvalue weighted by Crippen LogP contribution is -2.39. The van der Waals surface area contributed by atoms with Gasteiger partial charge in [-0.15, -0.1) is 0 Å². The van der Waals surface area contributed by atoms with Gasteiger partial charge in [0.1, 0.15) is 12.3 Å². The van der Waals surface area contributed by atoms with Gasteiger partial charge in [0.05, 0.1) is 19.9 Å². The molecule has 3 aromatic carbocycles. The van der Waals surface area contributed by atoms with E-state index >= 15 is 0 Å². The lowest BCUT2D eigenvalue weighted by molar-refractivity contribution is -0.118. The van der Waals surface area contributed by atoms with Crippen LogP contribution in [0.2, 0.25) is 0 Å². The second kappa shape index (κ2) is 9.95. The van der Waals surface area contributed by atoms with Gasteiger partial charge >= 0.3 is 0 Å². The summed E-state index contributed by atoms with van der Waals surface area (Å²) in [5.41, 5.74) is 3.45. The molecule has 0 atom stereocenters. The number of nitrogens with zero attached hydrogens (tertiary/aromatic N) is 1. The number of amides is 1. The Hall–Kier alpha value is -4.52. The number of benzene rings is 3. The molecule has 1 aliphatic rings. The molecular formula is C27H24N2O5. The number of phenols is 1. The van der Waals surface area contributed by atoms with Crippen molar-refractivity contribution in [3.05, 3.63) is 95.7 Å². The zero-order valence-electron chi connectivity index (χ0n) is 18.8. The fourth-order valence-corrected chi connectivity index (χ4v) is 3.57. The maximum absolute atomic E-state index is 12.8. The molecule has 3 aromatic rings. The van der Waals surface area contributed by atoms with E-state index in [1.807, 2.05) is 41.4 Å². The topological polar surface area (TPSA) is 88.1 Å². The third-order valence-corrected chi connectivity index (χ3v) is 5.37. The fourth-order valence-electron chi connectivity index (χ4n) is 3.57. The average Bonchev–Trinajstić information content (AvgIpc) is 2.87. The predicted octanol–water partition coefficient (Wildman–Crippen LogP) is 4.24. The molecule has 0 radical (unpaired) electrons. The number of rotatable bonds is 7. The Morgan fingerprint density at radius 3 is 2.56 bits per heavy atom. The summed E-state index contributed by atoms with van der Waals surface area (Å²) >= 11 is 0. The first-order chi connectivity index (χ1) is 16.5. The normalized spacial score (nSPS) is 13.4. The van der Waals surface area contributed by atoms with Gasteiger partial charge in [-0.25, -0.2) is 0 Å². The molecule has 1 amide bonds. The van der Waals surface area contributed by atoms with Crippen LogP contribution in [0.5, 0.6) is 17.2 Å². The maximum atomic E-state index is 12.8. The van der Waals surface area contributed by atoms with Crippen molar-refractivity contribution in [1.29, 1.82) is 0 Å². The van der Waals surface area contributed by atoms with Crippen molar-refractivity contribution in [3.8, 4) is 17.2 Å². The van der Waals surface area contributed by atoms with E-state index < -0.39 is 0 Å². The standard InChI is InChI=1S/C27H24N2O5/c1-33-22-10-8-19(9-11-22)23-16-29(17-27(32)28-23)21-5-3-4-20(15-21)24(30)12-6-18-7-13-25(31)26(14-18)34-2/h3-16,31H,17H2,1-2H3,(H,28,32)/b12-6+. The van der Waals surface area contributed by atoms with Crippen LogP contribution in [0.1, 0.15) is 21.5 Å². The van der Waals surface area contributed by atoms with Crippen LogP contribution < -0.4 is 19.7 Å². The summed E-state index contributed by atoms with van der Waals surface area (Å²) < 4.78 is 10.3. The molecule has 4 rings (SSSR count). The Morgan fingerprint density at radius 2 is 1.82 bits per heavy atom. The number of aromatic hydroxyl groups is 1. The molecule has 7 heteroatoms. The predicted molar refractivity (Wildman–Crippen MR) is 131 cm³/mol. The van der Waals surface area contributed by atoms with E-state index in [1.165, 1.54) is 19.3 Å². The second-order valence-electron chi connectivity index (χ2n) is 7.63. The van der Waals surface area contributed by atoms with Crippen LogP contribution in [0.25, 0.3) is 11.8 Å². The third-order valence-electron chi connectivity index (χ3n) is 5.37. The first-order valence-corrected chi connectivity index (χ1v) is 10.6. The summed E-state index contributed by atoms with van der Waals surface area (Å²) in [5.74, 6) is 0.764. The van der Waals surface area contributed by atoms with Crippen LogP contribution in [0.4, 0.5) is 5.69 Å². The number of carbonyl (C=O) groups excluding carboxylic acids is 2. The minimum atomic E-state index is -0.185. The van der Waals surface area contributed by atoms with Crippen LogP contribution in [0.15, 0.2) is 79.0 Å². The average molecular weight is 456 g/mol. The lowest BCUT2D eigenvalue weighted by atomic mass is 10.1. The first-order valence-electron chi connectivity index (χ1n) is 10.6. The molecule has 1 aliphatic heterocycles. The Kier molecular flexibility index (Phi) is 6.64. The number of anilines is 1. The lowest BCUT2D eigenvalue weighted by Gasteiger charge is -2.27. The highest BCUT2D eigenvalue weighted by Gasteiger charge is 2.19. The van der Waals surface area contributed by atoms with E-state index in [4.69, 9.17) is 9.47 Å². The number of ether oxygens (including phenoxy) is 2. The quantitative estimate of drug-likeness (QED) is 0.408. The molecule has 0 saturated heterocycles. The highest BCUT2D eigenvalue weighted by atomic mass is 16.5. The van der Waals surface area contributed by atoms with Crippen molar-refractivity contribution in [1.82, 2.24) is 5.32 Å². The summed E-state index contributed by atoms with van der Waals surface area (Å²) in [6.45, 7) is 0.139. The van der Waals surface area contributed by atoms with Crippen LogP contribution in [-0.2, 0) is 4.79 Å². The van der Waals surface area contributed by atoms with Crippen LogP contribution >= 0.6 is 0 Å². The van der Waals surface area contributed by atoms with Crippen molar-refractivity contribution in [2.45, 2.75) is 0 Å². The Morgan fingerprint density at radius 1 is 1.03 bits per heavy atom. The van der Waals surface area contributed by atoms with Crippen LogP contribution in [-0.4, -0.2) is 37.6 Å². The molecule has 34 heavy (non-hydrogen) atoms. The van der Waals surface area contributed by atoms with Gasteiger partial charge in [-0.2, -0.15) is 0 Å². The van der Waals surface area contributed by atoms with E-state index in [1.54, 1.807) is 43.5 Å². The molecule has 1 heterocycles. The number of carbonyl (C=O) groups is 2. The van der Waals surface area contributed by atoms with Gasteiger partial charge in [-0.3, -0.25) is 9.59 Å². The van der Waals surface area contributed by atoms with Crippen molar-refractivity contribution in [2.75, 3.05) is 25.7 Å². The molecular weight excluding hydrogens is 432 g/mol. The van der Waals surface area contributed by atoms with E-state index in [0.717, 1.165) is 22.6 Å². The van der Waals surface area contributed by atoms with Gasteiger partial charge in [0.25, 0.3) is 0 Å². The number of allylic oxidation sites excluding steroid dienone is 1. The fraction of sp³-hybridized carbons (Fsp3) is 0.111. The molecule has 0 aliphatic carbocycles. The van der Waals surface area contributed by atoms with Crippen LogP contribution in [0, 0.1) is 0 Å². The van der Waals surface area contributed by atoms with E-state index in [-0.39, 0.29) is 24.0 Å². The van der Waals surface area contributed by atoms with Crippen LogP contribution in [0.3, 0.4) is 0 Å². The molecule has 0 aromatic heterocycles. The highest BCUT2D eigenvalue weighted by molar-refractivity contribution is 6.07. The monoisotopic (exact) mass is 456 g/mol. The molecule has 0 saturated carbocycles. The minimum absolute atomic E-state index is 0.0336. The molecule has 172 valence electrons. The highest BCUT2D eigenvalue weighted by Crippen LogP contribution is 2.27. The smallest absolute Gasteiger partial charge is 0.244 e. The number of phenolic OH excluding ortho intramolecular Hbond substituents is 1. The van der Waals surface area contributed by atoms with Gasteiger partial charge in [0.15, 0.2) is 17.3 Å². The molecule has 0 fully saturated rings. The number of ketones is 1. The van der Waals surface area contributed by atoms with Gasteiger partial charge in [-0.1, -0.05) is 24.3 Å². The van der Waals surface area contributed by atoms with E-state index in [2.05, 4.69) is 5.32 Å². The minimum Gasteiger partial charge on any atom is -0.504 e. The Bertz CT molecular complexity index is 1280. The van der Waals surface area contributed by atoms with Crippen molar-refractivity contribution < 1.29 is 24.2 Å². The second-order valence-corrected chi connectivity index (χ2v) is 7.63. The summed E-state index contributed by atoms with van der Waals surface area (Å²) in [6, 6.07) is 19.4. The molecule has 0 spiro atoms.